The number of hydrogen-bond acceptors (Lipinski definition) is 3. The van der Waals surface area contributed by atoms with Crippen molar-refractivity contribution in [2.45, 2.75) is 6.42 Å². The van der Waals surface area contributed by atoms with Crippen LogP contribution in [-0.4, -0.2) is 26.2 Å². The number of methoxy groups -OCH3 is 1. The van der Waals surface area contributed by atoms with Crippen LogP contribution in [0.4, 0.5) is 4.39 Å². The van der Waals surface area contributed by atoms with Gasteiger partial charge in [-0.1, -0.05) is 17.7 Å². The summed E-state index contributed by atoms with van der Waals surface area (Å²) in [6, 6.07) is 11.4. The van der Waals surface area contributed by atoms with Crippen LogP contribution in [0.5, 0.6) is 11.5 Å². The predicted octanol–water partition coefficient (Wildman–Crippen LogP) is 3.23. The first kappa shape index (κ1) is 17.1. The number of carbonyl (C=O) groups excluding carboxylic acids is 1. The van der Waals surface area contributed by atoms with E-state index in [2.05, 4.69) is 5.32 Å². The Morgan fingerprint density at radius 3 is 2.52 bits per heavy atom. The van der Waals surface area contributed by atoms with E-state index in [1.54, 1.807) is 37.4 Å². The monoisotopic (exact) mass is 337 g/mol. The maximum Gasteiger partial charge on any atom is 0.224 e. The molecule has 0 unspecified atom stereocenters. The average molecular weight is 338 g/mol. The molecule has 0 bridgehead atoms. The smallest absolute Gasteiger partial charge is 0.224 e. The lowest BCUT2D eigenvalue weighted by atomic mass is 10.1. The van der Waals surface area contributed by atoms with Crippen LogP contribution < -0.4 is 14.8 Å². The van der Waals surface area contributed by atoms with Crippen molar-refractivity contribution in [3.63, 3.8) is 0 Å². The highest BCUT2D eigenvalue weighted by Gasteiger charge is 2.08. The maximum absolute atomic E-state index is 13.6. The van der Waals surface area contributed by atoms with E-state index in [1.807, 2.05) is 0 Å². The molecule has 0 aliphatic heterocycles. The molecule has 1 N–H and O–H groups in total. The molecule has 0 radical (unpaired) electrons. The van der Waals surface area contributed by atoms with Gasteiger partial charge in [-0.25, -0.2) is 4.39 Å². The summed E-state index contributed by atoms with van der Waals surface area (Å²) in [4.78, 5) is 11.8. The van der Waals surface area contributed by atoms with Crippen LogP contribution in [-0.2, 0) is 11.2 Å². The fourth-order valence-corrected chi connectivity index (χ4v) is 2.09. The van der Waals surface area contributed by atoms with Crippen LogP contribution in [0.3, 0.4) is 0 Å². The van der Waals surface area contributed by atoms with E-state index < -0.39 is 5.82 Å². The third-order valence-corrected chi connectivity index (χ3v) is 3.35. The van der Waals surface area contributed by atoms with Gasteiger partial charge in [0.05, 0.1) is 20.1 Å². The van der Waals surface area contributed by atoms with E-state index in [1.165, 1.54) is 12.1 Å². The van der Waals surface area contributed by atoms with Gasteiger partial charge in [-0.3, -0.25) is 4.79 Å². The van der Waals surface area contributed by atoms with Crippen LogP contribution in [0.2, 0.25) is 5.02 Å². The highest BCUT2D eigenvalue weighted by Crippen LogP contribution is 2.17. The molecule has 0 aliphatic rings. The van der Waals surface area contributed by atoms with Crippen molar-refractivity contribution in [3.05, 3.63) is 58.9 Å². The van der Waals surface area contributed by atoms with E-state index in [9.17, 15) is 9.18 Å². The van der Waals surface area contributed by atoms with Crippen molar-refractivity contribution >= 4 is 17.5 Å². The Morgan fingerprint density at radius 1 is 1.17 bits per heavy atom. The molecular formula is C17H17ClFNO3. The number of carbonyl (C=O) groups is 1. The molecule has 1 amide bonds. The maximum atomic E-state index is 13.6. The summed E-state index contributed by atoms with van der Waals surface area (Å²) in [6.45, 7) is 0.654. The number of nitrogens with one attached hydrogen (secondary N) is 1. The lowest BCUT2D eigenvalue weighted by Gasteiger charge is -2.09. The zero-order chi connectivity index (χ0) is 16.7. The molecule has 122 valence electrons. The van der Waals surface area contributed by atoms with Crippen LogP contribution in [0.1, 0.15) is 5.56 Å². The second-order valence-electron chi connectivity index (χ2n) is 4.79. The SMILES string of the molecule is COc1ccc(OCCNC(=O)Cc2ccc(Cl)cc2F)cc1. The first-order chi connectivity index (χ1) is 11.1. The average Bonchev–Trinajstić information content (AvgIpc) is 2.55. The van der Waals surface area contributed by atoms with Crippen LogP contribution in [0.15, 0.2) is 42.5 Å². The number of benzene rings is 2. The minimum atomic E-state index is -0.484. The van der Waals surface area contributed by atoms with Crippen molar-refractivity contribution in [3.8, 4) is 11.5 Å². The molecule has 2 rings (SSSR count). The Balaban J connectivity index is 1.72. The Labute approximate surface area is 139 Å². The van der Waals surface area contributed by atoms with Crippen molar-refractivity contribution in [1.82, 2.24) is 5.32 Å². The number of rotatable bonds is 7. The van der Waals surface area contributed by atoms with E-state index >= 15 is 0 Å². The topological polar surface area (TPSA) is 47.6 Å². The van der Waals surface area contributed by atoms with Crippen LogP contribution in [0, 0.1) is 5.82 Å². The number of amides is 1. The molecule has 2 aromatic carbocycles. The fraction of sp³-hybridized carbons (Fsp3) is 0.235. The first-order valence-corrected chi connectivity index (χ1v) is 7.44. The van der Waals surface area contributed by atoms with Gasteiger partial charge in [-0.05, 0) is 42.0 Å². The van der Waals surface area contributed by atoms with E-state index in [0.29, 0.717) is 29.5 Å². The van der Waals surface area contributed by atoms with Crippen LogP contribution in [0.25, 0.3) is 0 Å². The number of ether oxygens (including phenoxy) is 2. The Morgan fingerprint density at radius 2 is 1.87 bits per heavy atom. The van der Waals surface area contributed by atoms with Gasteiger partial charge in [0.2, 0.25) is 5.91 Å². The van der Waals surface area contributed by atoms with Gasteiger partial charge in [0, 0.05) is 5.02 Å². The molecule has 0 saturated heterocycles. The van der Waals surface area contributed by atoms with Crippen molar-refractivity contribution in [2.75, 3.05) is 20.3 Å². The molecule has 0 spiro atoms. The summed E-state index contributed by atoms with van der Waals surface area (Å²) in [5, 5.41) is 2.98. The lowest BCUT2D eigenvalue weighted by molar-refractivity contribution is -0.120. The second kappa shape index (κ2) is 8.39. The minimum Gasteiger partial charge on any atom is -0.497 e. The number of hydrogen-bond donors (Lipinski definition) is 1. The summed E-state index contributed by atoms with van der Waals surface area (Å²) in [5.74, 6) is 0.672. The van der Waals surface area contributed by atoms with Gasteiger partial charge >= 0.3 is 0 Å². The Kier molecular flexibility index (Phi) is 6.23. The molecule has 0 atom stereocenters. The first-order valence-electron chi connectivity index (χ1n) is 7.06. The van der Waals surface area contributed by atoms with Crippen LogP contribution >= 0.6 is 11.6 Å². The van der Waals surface area contributed by atoms with Gasteiger partial charge in [0.25, 0.3) is 0 Å². The van der Waals surface area contributed by atoms with E-state index in [-0.39, 0.29) is 12.3 Å². The highest BCUT2D eigenvalue weighted by molar-refractivity contribution is 6.30. The van der Waals surface area contributed by atoms with E-state index in [4.69, 9.17) is 21.1 Å². The third kappa shape index (κ3) is 5.45. The van der Waals surface area contributed by atoms with Crippen molar-refractivity contribution in [2.24, 2.45) is 0 Å². The summed E-state index contributed by atoms with van der Waals surface area (Å²) in [6.07, 6.45) is -0.0362. The van der Waals surface area contributed by atoms with Gasteiger partial charge in [-0.2, -0.15) is 0 Å². The van der Waals surface area contributed by atoms with Gasteiger partial charge < -0.3 is 14.8 Å². The summed E-state index contributed by atoms with van der Waals surface area (Å²) in [7, 11) is 1.59. The number of halogens is 2. The van der Waals surface area contributed by atoms with E-state index in [0.717, 1.165) is 5.75 Å². The highest BCUT2D eigenvalue weighted by atomic mass is 35.5. The molecule has 23 heavy (non-hydrogen) atoms. The summed E-state index contributed by atoms with van der Waals surface area (Å²) in [5.41, 5.74) is 0.308. The van der Waals surface area contributed by atoms with Crippen molar-refractivity contribution in [1.29, 1.82) is 0 Å². The lowest BCUT2D eigenvalue weighted by Crippen LogP contribution is -2.29. The molecule has 0 aromatic heterocycles. The quantitative estimate of drug-likeness (QED) is 0.789. The van der Waals surface area contributed by atoms with Gasteiger partial charge in [-0.15, -0.1) is 0 Å². The predicted molar refractivity (Wildman–Crippen MR) is 86.6 cm³/mol. The molecule has 0 heterocycles. The minimum absolute atomic E-state index is 0.0362. The molecule has 0 aliphatic carbocycles. The summed E-state index contributed by atoms with van der Waals surface area (Å²) >= 11 is 5.67. The molecule has 2 aromatic rings. The molecule has 6 heteroatoms. The van der Waals surface area contributed by atoms with Gasteiger partial charge in [0.1, 0.15) is 23.9 Å². The molecule has 0 saturated carbocycles. The largest absolute Gasteiger partial charge is 0.497 e. The zero-order valence-electron chi connectivity index (χ0n) is 12.6. The van der Waals surface area contributed by atoms with Gasteiger partial charge in [0.15, 0.2) is 0 Å². The Bertz CT molecular complexity index is 661. The Hall–Kier alpha value is -2.27. The molecule has 4 nitrogen and oxygen atoms in total. The third-order valence-electron chi connectivity index (χ3n) is 3.12. The molecule has 0 fully saturated rings. The zero-order valence-corrected chi connectivity index (χ0v) is 13.4. The molecular weight excluding hydrogens is 321 g/mol. The van der Waals surface area contributed by atoms with Crippen molar-refractivity contribution < 1.29 is 18.7 Å². The fourth-order valence-electron chi connectivity index (χ4n) is 1.93. The second-order valence-corrected chi connectivity index (χ2v) is 5.22. The summed E-state index contributed by atoms with van der Waals surface area (Å²) < 4.78 is 24.1. The normalized spacial score (nSPS) is 10.2. The standard InChI is InChI=1S/C17H17ClFNO3/c1-22-14-4-6-15(7-5-14)23-9-8-20-17(21)10-12-2-3-13(18)11-16(12)19/h2-7,11H,8-10H2,1H3,(H,20,21).